The monoisotopic (exact) mass is 382 g/mol. The van der Waals surface area contributed by atoms with Crippen LogP contribution in [-0.4, -0.2) is 39.0 Å². The smallest absolute Gasteiger partial charge is 0.244 e. The Morgan fingerprint density at radius 2 is 1.95 bits per heavy atom. The summed E-state index contributed by atoms with van der Waals surface area (Å²) in [6, 6.07) is 1.14. The Labute approximate surface area is 131 Å². The van der Waals surface area contributed by atoms with Crippen molar-refractivity contribution in [2.75, 3.05) is 19.6 Å². The average Bonchev–Trinajstić information content (AvgIpc) is 2.78. The van der Waals surface area contributed by atoms with E-state index < -0.39 is 26.6 Å². The lowest BCUT2D eigenvalue weighted by Crippen LogP contribution is -2.41. The molecule has 1 aromatic carbocycles. The Kier molecular flexibility index (Phi) is 5.34. The normalized spacial score (nSPS) is 18.1. The van der Waals surface area contributed by atoms with Crippen LogP contribution in [0.4, 0.5) is 8.78 Å². The molecule has 0 saturated carbocycles. The van der Waals surface area contributed by atoms with E-state index in [9.17, 15) is 17.2 Å². The summed E-state index contributed by atoms with van der Waals surface area (Å²) in [4.78, 5) is 1.60. The van der Waals surface area contributed by atoms with Gasteiger partial charge >= 0.3 is 0 Å². The summed E-state index contributed by atoms with van der Waals surface area (Å²) in [6.45, 7) is 4.19. The third-order valence-electron chi connectivity index (χ3n) is 3.32. The van der Waals surface area contributed by atoms with Gasteiger partial charge in [-0.05, 0) is 54.9 Å². The molecule has 1 saturated heterocycles. The van der Waals surface area contributed by atoms with Crippen molar-refractivity contribution in [3.8, 4) is 0 Å². The highest BCUT2D eigenvalue weighted by Gasteiger charge is 2.26. The van der Waals surface area contributed by atoms with Crippen molar-refractivity contribution in [2.24, 2.45) is 0 Å². The number of nitrogens with one attached hydrogen (secondary N) is 1. The minimum Gasteiger partial charge on any atom is -0.302 e. The lowest BCUT2D eigenvalue weighted by atomic mass is 10.3. The number of hydrogen-bond acceptors (Lipinski definition) is 3. The Bertz CT molecular complexity index is 596. The average molecular weight is 383 g/mol. The second kappa shape index (κ2) is 6.68. The van der Waals surface area contributed by atoms with Crippen molar-refractivity contribution in [2.45, 2.75) is 30.7 Å². The van der Waals surface area contributed by atoms with E-state index in [0.29, 0.717) is 12.6 Å². The Hall–Kier alpha value is -0.570. The molecule has 1 unspecified atom stereocenters. The molecule has 1 aliphatic rings. The largest absolute Gasteiger partial charge is 0.302 e. The third kappa shape index (κ3) is 4.21. The van der Waals surface area contributed by atoms with Crippen LogP contribution in [0.2, 0.25) is 0 Å². The molecule has 0 aliphatic carbocycles. The van der Waals surface area contributed by atoms with E-state index in [-0.39, 0.29) is 10.5 Å². The first-order valence-corrected chi connectivity index (χ1v) is 8.96. The quantitative estimate of drug-likeness (QED) is 0.850. The second-order valence-corrected chi connectivity index (χ2v) is 7.73. The number of benzene rings is 1. The van der Waals surface area contributed by atoms with Gasteiger partial charge in [0.2, 0.25) is 10.0 Å². The number of nitrogens with zero attached hydrogens (tertiary/aromatic N) is 1. The van der Waals surface area contributed by atoms with E-state index in [1.165, 1.54) is 0 Å². The fourth-order valence-electron chi connectivity index (χ4n) is 2.50. The number of sulfonamides is 1. The zero-order valence-electron chi connectivity index (χ0n) is 11.6. The fourth-order valence-corrected chi connectivity index (χ4v) is 4.90. The predicted molar refractivity (Wildman–Crippen MR) is 79.5 cm³/mol. The molecule has 0 amide bonds. The summed E-state index contributed by atoms with van der Waals surface area (Å²) < 4.78 is 53.6. The third-order valence-corrected chi connectivity index (χ3v) is 5.87. The van der Waals surface area contributed by atoms with Crippen molar-refractivity contribution in [1.82, 2.24) is 9.62 Å². The molecule has 118 valence electrons. The van der Waals surface area contributed by atoms with E-state index in [2.05, 4.69) is 25.6 Å². The molecule has 1 aromatic rings. The first kappa shape index (κ1) is 16.8. The van der Waals surface area contributed by atoms with Gasteiger partial charge in [0.15, 0.2) is 0 Å². The topological polar surface area (TPSA) is 49.4 Å². The number of rotatable bonds is 5. The van der Waals surface area contributed by atoms with E-state index >= 15 is 0 Å². The van der Waals surface area contributed by atoms with Crippen molar-refractivity contribution < 1.29 is 17.2 Å². The van der Waals surface area contributed by atoms with Gasteiger partial charge in [-0.1, -0.05) is 0 Å². The predicted octanol–water partition coefficient (Wildman–Crippen LogP) is 2.49. The summed E-state index contributed by atoms with van der Waals surface area (Å²) >= 11 is 2.90. The molecule has 0 bridgehead atoms. The molecule has 0 radical (unpaired) electrons. The van der Waals surface area contributed by atoms with Gasteiger partial charge in [-0.25, -0.2) is 21.9 Å². The first-order chi connectivity index (χ1) is 9.79. The molecule has 1 atom stereocenters. The van der Waals surface area contributed by atoms with Crippen molar-refractivity contribution >= 4 is 26.0 Å². The Morgan fingerprint density at radius 3 is 2.52 bits per heavy atom. The second-order valence-electron chi connectivity index (χ2n) is 5.23. The molecule has 8 heteroatoms. The maximum atomic E-state index is 13.8. The fraction of sp³-hybridized carbons (Fsp3) is 0.538. The van der Waals surface area contributed by atoms with Crippen LogP contribution in [0, 0.1) is 11.6 Å². The van der Waals surface area contributed by atoms with Gasteiger partial charge < -0.3 is 4.90 Å². The zero-order valence-corrected chi connectivity index (χ0v) is 14.0. The highest BCUT2D eigenvalue weighted by Crippen LogP contribution is 2.26. The van der Waals surface area contributed by atoms with Crippen LogP contribution in [0.5, 0.6) is 0 Å². The first-order valence-electron chi connectivity index (χ1n) is 6.69. The van der Waals surface area contributed by atoms with Gasteiger partial charge in [0.1, 0.15) is 16.5 Å². The van der Waals surface area contributed by atoms with Crippen LogP contribution >= 0.6 is 15.9 Å². The Balaban J connectivity index is 2.14. The van der Waals surface area contributed by atoms with Crippen molar-refractivity contribution in [3.05, 3.63) is 28.2 Å². The number of likely N-dealkylation sites (tertiary alicyclic amines) is 1. The minimum absolute atomic E-state index is 0.124. The standard InChI is InChI=1S/C13H17BrF2N2O2S/c1-9(8-18-4-2-3-5-18)17-21(19,20)13-11(14)6-10(15)7-12(13)16/h6-7,9,17H,2-5,8H2,1H3. The summed E-state index contributed by atoms with van der Waals surface area (Å²) in [5.41, 5.74) is 0. The van der Waals surface area contributed by atoms with Crippen LogP contribution in [0.15, 0.2) is 21.5 Å². The molecule has 1 aliphatic heterocycles. The summed E-state index contributed by atoms with van der Waals surface area (Å²) in [7, 11) is -4.04. The summed E-state index contributed by atoms with van der Waals surface area (Å²) in [5.74, 6) is -1.94. The van der Waals surface area contributed by atoms with Crippen LogP contribution in [-0.2, 0) is 10.0 Å². The number of halogens is 3. The van der Waals surface area contributed by atoms with E-state index in [0.717, 1.165) is 32.0 Å². The van der Waals surface area contributed by atoms with Crippen LogP contribution < -0.4 is 4.72 Å². The zero-order chi connectivity index (χ0) is 15.6. The van der Waals surface area contributed by atoms with Gasteiger partial charge in [-0.15, -0.1) is 0 Å². The van der Waals surface area contributed by atoms with E-state index in [4.69, 9.17) is 0 Å². The molecule has 2 rings (SSSR count). The Morgan fingerprint density at radius 1 is 1.33 bits per heavy atom. The maximum absolute atomic E-state index is 13.8. The molecular formula is C13H17BrF2N2O2S. The molecule has 1 N–H and O–H groups in total. The molecule has 0 aromatic heterocycles. The van der Waals surface area contributed by atoms with Gasteiger partial charge in [0, 0.05) is 23.1 Å². The van der Waals surface area contributed by atoms with E-state index in [1.54, 1.807) is 6.92 Å². The highest BCUT2D eigenvalue weighted by molar-refractivity contribution is 9.10. The minimum atomic E-state index is -4.04. The van der Waals surface area contributed by atoms with Crippen LogP contribution in [0.1, 0.15) is 19.8 Å². The molecule has 21 heavy (non-hydrogen) atoms. The van der Waals surface area contributed by atoms with Crippen molar-refractivity contribution in [1.29, 1.82) is 0 Å². The van der Waals surface area contributed by atoms with Gasteiger partial charge in [-0.2, -0.15) is 0 Å². The van der Waals surface area contributed by atoms with Crippen LogP contribution in [0.25, 0.3) is 0 Å². The molecule has 4 nitrogen and oxygen atoms in total. The molecular weight excluding hydrogens is 366 g/mol. The van der Waals surface area contributed by atoms with E-state index in [1.807, 2.05) is 0 Å². The summed E-state index contributed by atoms with van der Waals surface area (Å²) in [6.07, 6.45) is 2.22. The SMILES string of the molecule is CC(CN1CCCC1)NS(=O)(=O)c1c(F)cc(F)cc1Br. The van der Waals surface area contributed by atoms with Crippen LogP contribution in [0.3, 0.4) is 0 Å². The van der Waals surface area contributed by atoms with Gasteiger partial charge in [0.05, 0.1) is 0 Å². The molecule has 1 fully saturated rings. The van der Waals surface area contributed by atoms with Gasteiger partial charge in [0.25, 0.3) is 0 Å². The lowest BCUT2D eigenvalue weighted by Gasteiger charge is -2.21. The maximum Gasteiger partial charge on any atom is 0.244 e. The molecule has 1 heterocycles. The highest BCUT2D eigenvalue weighted by atomic mass is 79.9. The molecule has 0 spiro atoms. The van der Waals surface area contributed by atoms with Crippen molar-refractivity contribution in [3.63, 3.8) is 0 Å². The van der Waals surface area contributed by atoms with Gasteiger partial charge in [-0.3, -0.25) is 0 Å². The summed E-state index contributed by atoms with van der Waals surface area (Å²) in [5, 5.41) is 0. The number of hydrogen-bond donors (Lipinski definition) is 1. The lowest BCUT2D eigenvalue weighted by molar-refractivity contribution is 0.312.